The van der Waals surface area contributed by atoms with Crippen LogP contribution < -0.4 is 5.43 Å². The zero-order chi connectivity index (χ0) is 15.4. The summed E-state index contributed by atoms with van der Waals surface area (Å²) in [5.41, 5.74) is 12.4. The lowest BCUT2D eigenvalue weighted by molar-refractivity contribution is 0.737. The van der Waals surface area contributed by atoms with Crippen molar-refractivity contribution < 1.29 is 0 Å². The zero-order valence-electron chi connectivity index (χ0n) is 13.5. The van der Waals surface area contributed by atoms with E-state index in [0.717, 1.165) is 12.1 Å². The van der Waals surface area contributed by atoms with Crippen LogP contribution in [0.3, 0.4) is 0 Å². The van der Waals surface area contributed by atoms with Crippen molar-refractivity contribution in [1.82, 2.24) is 10.4 Å². The fourth-order valence-electron chi connectivity index (χ4n) is 2.54. The molecule has 1 aromatic heterocycles. The lowest BCUT2D eigenvalue weighted by Gasteiger charge is -2.18. The first-order chi connectivity index (χ1) is 10.0. The third-order valence-electron chi connectivity index (χ3n) is 4.42. The molecule has 21 heavy (non-hydrogen) atoms. The highest BCUT2D eigenvalue weighted by Gasteiger charge is 2.11. The fourth-order valence-corrected chi connectivity index (χ4v) is 2.54. The number of hydrogen-bond acceptors (Lipinski definition) is 3. The van der Waals surface area contributed by atoms with E-state index in [-0.39, 0.29) is 0 Å². The van der Waals surface area contributed by atoms with Crippen LogP contribution in [0.15, 0.2) is 29.6 Å². The Morgan fingerprint density at radius 2 is 1.43 bits per heavy atom. The van der Waals surface area contributed by atoms with Crippen LogP contribution in [0.2, 0.25) is 0 Å². The second-order valence-corrected chi connectivity index (χ2v) is 5.48. The van der Waals surface area contributed by atoms with E-state index in [1.807, 2.05) is 18.3 Å². The molecular weight excluding hydrogens is 258 g/mol. The summed E-state index contributed by atoms with van der Waals surface area (Å²) in [6.45, 7) is 11.7. The molecule has 0 aliphatic heterocycles. The Balaban J connectivity index is 2.13. The number of nitrogens with one attached hydrogen (secondary N) is 1. The summed E-state index contributed by atoms with van der Waals surface area (Å²) in [5.74, 6) is 0. The van der Waals surface area contributed by atoms with Gasteiger partial charge >= 0.3 is 0 Å². The van der Waals surface area contributed by atoms with Crippen molar-refractivity contribution >= 4 is 6.21 Å². The Morgan fingerprint density at radius 3 is 2.00 bits per heavy atom. The predicted octanol–water partition coefficient (Wildman–Crippen LogP) is 3.75. The Kier molecular flexibility index (Phi) is 4.73. The maximum absolute atomic E-state index is 4.30. The van der Waals surface area contributed by atoms with Crippen molar-refractivity contribution in [2.24, 2.45) is 5.10 Å². The van der Waals surface area contributed by atoms with Gasteiger partial charge < -0.3 is 5.43 Å². The van der Waals surface area contributed by atoms with E-state index < -0.39 is 0 Å². The van der Waals surface area contributed by atoms with Gasteiger partial charge in [0, 0.05) is 12.4 Å². The van der Waals surface area contributed by atoms with E-state index >= 15 is 0 Å². The number of rotatable bonds is 4. The van der Waals surface area contributed by atoms with E-state index in [2.05, 4.69) is 50.1 Å². The molecule has 0 aliphatic carbocycles. The lowest BCUT2D eigenvalue weighted by atomic mass is 9.90. The highest BCUT2D eigenvalue weighted by molar-refractivity contribution is 5.78. The molecule has 1 heterocycles. The third kappa shape index (κ3) is 3.30. The quantitative estimate of drug-likeness (QED) is 0.684. The van der Waals surface area contributed by atoms with Crippen LogP contribution in [-0.4, -0.2) is 11.2 Å². The molecule has 2 aromatic rings. The van der Waals surface area contributed by atoms with Gasteiger partial charge in [-0.15, -0.1) is 0 Å². The lowest BCUT2D eigenvalue weighted by Crippen LogP contribution is -2.11. The average Bonchev–Trinajstić information content (AvgIpc) is 2.51. The molecule has 0 saturated carbocycles. The van der Waals surface area contributed by atoms with Crippen LogP contribution in [0.1, 0.15) is 38.9 Å². The third-order valence-corrected chi connectivity index (χ3v) is 4.42. The molecule has 0 bridgehead atoms. The fraction of sp³-hybridized carbons (Fsp3) is 0.333. The van der Waals surface area contributed by atoms with Crippen molar-refractivity contribution in [3.05, 3.63) is 63.5 Å². The maximum atomic E-state index is 4.30. The van der Waals surface area contributed by atoms with Crippen LogP contribution in [0.4, 0.5) is 0 Å². The van der Waals surface area contributed by atoms with E-state index in [0.29, 0.717) is 0 Å². The molecule has 3 nitrogen and oxygen atoms in total. The van der Waals surface area contributed by atoms with Gasteiger partial charge in [-0.3, -0.25) is 4.98 Å². The minimum absolute atomic E-state index is 0.751. The number of aromatic nitrogens is 1. The van der Waals surface area contributed by atoms with Gasteiger partial charge in [-0.1, -0.05) is 0 Å². The first-order valence-corrected chi connectivity index (χ1v) is 7.24. The SMILES string of the molecule is Cc1c(C)c(C)c(CN/N=C\c2ccncc2)c(C)c1C. The van der Waals surface area contributed by atoms with E-state index in [1.165, 1.54) is 33.4 Å². The number of pyridine rings is 1. The van der Waals surface area contributed by atoms with Gasteiger partial charge in [0.1, 0.15) is 0 Å². The Morgan fingerprint density at radius 1 is 0.905 bits per heavy atom. The van der Waals surface area contributed by atoms with Crippen molar-refractivity contribution in [3.8, 4) is 0 Å². The molecule has 0 unspecified atom stereocenters. The molecular formula is C18H23N3. The molecule has 110 valence electrons. The Labute approximate surface area is 127 Å². The minimum Gasteiger partial charge on any atom is -0.306 e. The van der Waals surface area contributed by atoms with Gasteiger partial charge in [0.15, 0.2) is 0 Å². The molecule has 0 saturated heterocycles. The van der Waals surface area contributed by atoms with Crippen LogP contribution in [-0.2, 0) is 6.54 Å². The number of hydrogen-bond donors (Lipinski definition) is 1. The van der Waals surface area contributed by atoms with Crippen LogP contribution in [0.25, 0.3) is 0 Å². The topological polar surface area (TPSA) is 37.3 Å². The summed E-state index contributed by atoms with van der Waals surface area (Å²) in [7, 11) is 0. The first kappa shape index (κ1) is 15.2. The summed E-state index contributed by atoms with van der Waals surface area (Å²) in [5, 5.41) is 4.30. The van der Waals surface area contributed by atoms with Gasteiger partial charge in [-0.05, 0) is 85.7 Å². The van der Waals surface area contributed by atoms with E-state index in [9.17, 15) is 0 Å². The van der Waals surface area contributed by atoms with Crippen molar-refractivity contribution in [3.63, 3.8) is 0 Å². The summed E-state index contributed by atoms with van der Waals surface area (Å²) in [4.78, 5) is 3.99. The Hall–Kier alpha value is -2.16. The molecule has 0 aliphatic rings. The summed E-state index contributed by atoms with van der Waals surface area (Å²) >= 11 is 0. The molecule has 2 rings (SSSR count). The van der Waals surface area contributed by atoms with Crippen LogP contribution in [0.5, 0.6) is 0 Å². The minimum atomic E-state index is 0.751. The molecule has 0 spiro atoms. The van der Waals surface area contributed by atoms with Crippen LogP contribution in [0, 0.1) is 34.6 Å². The molecule has 3 heteroatoms. The predicted molar refractivity (Wildman–Crippen MR) is 88.8 cm³/mol. The second-order valence-electron chi connectivity index (χ2n) is 5.48. The standard InChI is InChI=1S/C18H23N3/c1-12-13(2)15(4)18(16(5)14(12)3)11-21-20-10-17-6-8-19-9-7-17/h6-10,21H,11H2,1-5H3/b20-10-. The van der Waals surface area contributed by atoms with Crippen molar-refractivity contribution in [2.45, 2.75) is 41.2 Å². The van der Waals surface area contributed by atoms with Crippen molar-refractivity contribution in [1.29, 1.82) is 0 Å². The molecule has 1 aromatic carbocycles. The second kappa shape index (κ2) is 6.53. The molecule has 0 radical (unpaired) electrons. The number of hydrazone groups is 1. The summed E-state index contributed by atoms with van der Waals surface area (Å²) < 4.78 is 0. The maximum Gasteiger partial charge on any atom is 0.0585 e. The van der Waals surface area contributed by atoms with Gasteiger partial charge in [0.2, 0.25) is 0 Å². The highest BCUT2D eigenvalue weighted by atomic mass is 15.3. The van der Waals surface area contributed by atoms with Gasteiger partial charge in [0.25, 0.3) is 0 Å². The summed E-state index contributed by atoms with van der Waals surface area (Å²) in [6.07, 6.45) is 5.35. The highest BCUT2D eigenvalue weighted by Crippen LogP contribution is 2.25. The van der Waals surface area contributed by atoms with Gasteiger partial charge in [0.05, 0.1) is 12.8 Å². The molecule has 0 amide bonds. The number of nitrogens with zero attached hydrogens (tertiary/aromatic N) is 2. The average molecular weight is 281 g/mol. The zero-order valence-corrected chi connectivity index (χ0v) is 13.5. The smallest absolute Gasteiger partial charge is 0.0585 e. The van der Waals surface area contributed by atoms with Gasteiger partial charge in [-0.25, -0.2) is 0 Å². The number of benzene rings is 1. The van der Waals surface area contributed by atoms with E-state index in [4.69, 9.17) is 0 Å². The monoisotopic (exact) mass is 281 g/mol. The van der Waals surface area contributed by atoms with Crippen LogP contribution >= 0.6 is 0 Å². The molecule has 1 N–H and O–H groups in total. The molecule has 0 fully saturated rings. The van der Waals surface area contributed by atoms with Crippen molar-refractivity contribution in [2.75, 3.05) is 0 Å². The molecule has 0 atom stereocenters. The largest absolute Gasteiger partial charge is 0.306 e. The van der Waals surface area contributed by atoms with Gasteiger partial charge in [-0.2, -0.15) is 5.10 Å². The Bertz CT molecular complexity index is 629. The van der Waals surface area contributed by atoms with E-state index in [1.54, 1.807) is 12.4 Å². The summed E-state index contributed by atoms with van der Waals surface area (Å²) in [6, 6.07) is 3.86. The first-order valence-electron chi connectivity index (χ1n) is 7.24. The normalized spacial score (nSPS) is 11.1.